The second-order valence-corrected chi connectivity index (χ2v) is 7.13. The van der Waals surface area contributed by atoms with Crippen molar-refractivity contribution in [3.8, 4) is 0 Å². The number of Topliss-reactive ketones (excluding diaryl/α,β-unsaturated/α-hetero) is 1. The number of carbonyl (C=O) groups is 2. The van der Waals surface area contributed by atoms with Gasteiger partial charge < -0.3 is 4.90 Å². The molecule has 3 rings (SSSR count). The van der Waals surface area contributed by atoms with Gasteiger partial charge in [0.2, 0.25) is 11.1 Å². The lowest BCUT2D eigenvalue weighted by molar-refractivity contribution is -0.129. The second-order valence-electron chi connectivity index (χ2n) is 5.05. The van der Waals surface area contributed by atoms with Crippen LogP contribution in [0.4, 0.5) is 0 Å². The van der Waals surface area contributed by atoms with Crippen LogP contribution in [-0.2, 0) is 24.8 Å². The maximum absolute atomic E-state index is 12.3. The van der Waals surface area contributed by atoms with E-state index in [1.54, 1.807) is 18.7 Å². The second kappa shape index (κ2) is 6.17. The Hall–Kier alpha value is -1.74. The van der Waals surface area contributed by atoms with Gasteiger partial charge in [-0.25, -0.2) is 4.68 Å². The molecule has 2 aromatic heterocycles. The summed E-state index contributed by atoms with van der Waals surface area (Å²) in [6.07, 6.45) is 0.827. The van der Waals surface area contributed by atoms with Gasteiger partial charge in [0, 0.05) is 31.9 Å². The Labute approximate surface area is 135 Å². The van der Waals surface area contributed by atoms with Gasteiger partial charge in [-0.15, -0.1) is 16.4 Å². The van der Waals surface area contributed by atoms with Crippen LogP contribution in [0.5, 0.6) is 0 Å². The first kappa shape index (κ1) is 15.2. The molecule has 3 heterocycles. The van der Waals surface area contributed by atoms with E-state index >= 15 is 0 Å². The SMILES string of the molecule is CC(=O)N1CCc2sc(C(=O)CSc3nnnn3C)cc2C1. The number of aromatic nitrogens is 4. The van der Waals surface area contributed by atoms with Crippen LogP contribution in [0, 0.1) is 0 Å². The molecule has 116 valence electrons. The largest absolute Gasteiger partial charge is 0.338 e. The predicted molar refractivity (Wildman–Crippen MR) is 83.0 cm³/mol. The molecular weight excluding hydrogens is 322 g/mol. The Morgan fingerprint density at radius 2 is 2.27 bits per heavy atom. The highest BCUT2D eigenvalue weighted by atomic mass is 32.2. The fraction of sp³-hybridized carbons (Fsp3) is 0.462. The summed E-state index contributed by atoms with van der Waals surface area (Å²) in [5.74, 6) is 0.459. The highest BCUT2D eigenvalue weighted by Gasteiger charge is 2.22. The zero-order valence-corrected chi connectivity index (χ0v) is 13.9. The lowest BCUT2D eigenvalue weighted by atomic mass is 10.1. The Kier molecular flexibility index (Phi) is 4.25. The standard InChI is InChI=1S/C13H15N5O2S2/c1-8(19)18-4-3-11-9(6-18)5-12(22-11)10(20)7-21-13-14-15-16-17(13)2/h5H,3-4,6-7H2,1-2H3. The summed E-state index contributed by atoms with van der Waals surface area (Å²) in [5.41, 5.74) is 1.10. The summed E-state index contributed by atoms with van der Waals surface area (Å²) >= 11 is 2.87. The summed E-state index contributed by atoms with van der Waals surface area (Å²) in [6, 6.07) is 1.92. The van der Waals surface area contributed by atoms with E-state index in [2.05, 4.69) is 15.5 Å². The molecule has 0 fully saturated rings. The number of rotatable bonds is 4. The van der Waals surface area contributed by atoms with Gasteiger partial charge in [0.1, 0.15) is 0 Å². The number of tetrazole rings is 1. The molecule has 0 spiro atoms. The molecule has 0 bridgehead atoms. The number of thiophene rings is 1. The molecule has 0 atom stereocenters. The molecule has 9 heteroatoms. The molecule has 0 unspecified atom stereocenters. The van der Waals surface area contributed by atoms with E-state index < -0.39 is 0 Å². The maximum Gasteiger partial charge on any atom is 0.219 e. The minimum absolute atomic E-state index is 0.0711. The molecule has 0 aliphatic carbocycles. The Balaban J connectivity index is 1.67. The Morgan fingerprint density at radius 1 is 1.45 bits per heavy atom. The van der Waals surface area contributed by atoms with E-state index in [1.807, 2.05) is 11.0 Å². The third-order valence-corrected chi connectivity index (χ3v) is 5.79. The lowest BCUT2D eigenvalue weighted by Crippen LogP contribution is -2.33. The third-order valence-electron chi connectivity index (χ3n) is 3.50. The number of fused-ring (bicyclic) bond motifs is 1. The van der Waals surface area contributed by atoms with Crippen LogP contribution in [0.25, 0.3) is 0 Å². The van der Waals surface area contributed by atoms with E-state index in [4.69, 9.17) is 0 Å². The van der Waals surface area contributed by atoms with Crippen LogP contribution in [0.1, 0.15) is 27.0 Å². The fourth-order valence-electron chi connectivity index (χ4n) is 2.28. The number of ketones is 1. The van der Waals surface area contributed by atoms with Gasteiger partial charge >= 0.3 is 0 Å². The van der Waals surface area contributed by atoms with Gasteiger partial charge in [-0.3, -0.25) is 9.59 Å². The lowest BCUT2D eigenvalue weighted by Gasteiger charge is -2.25. The topological polar surface area (TPSA) is 81.0 Å². The zero-order chi connectivity index (χ0) is 15.7. The highest BCUT2D eigenvalue weighted by molar-refractivity contribution is 7.99. The molecule has 0 aromatic carbocycles. The maximum atomic E-state index is 12.3. The van der Waals surface area contributed by atoms with Crippen LogP contribution >= 0.6 is 23.1 Å². The zero-order valence-electron chi connectivity index (χ0n) is 12.3. The van der Waals surface area contributed by atoms with Gasteiger partial charge in [-0.2, -0.15) is 0 Å². The molecule has 1 aliphatic rings. The Bertz CT molecular complexity index is 724. The van der Waals surface area contributed by atoms with E-state index in [-0.39, 0.29) is 11.7 Å². The normalized spacial score (nSPS) is 14.0. The molecule has 0 saturated heterocycles. The van der Waals surface area contributed by atoms with Crippen molar-refractivity contribution in [2.75, 3.05) is 12.3 Å². The van der Waals surface area contributed by atoms with E-state index in [9.17, 15) is 9.59 Å². The van der Waals surface area contributed by atoms with Crippen LogP contribution in [0.3, 0.4) is 0 Å². The monoisotopic (exact) mass is 337 g/mol. The summed E-state index contributed by atoms with van der Waals surface area (Å²) in [6.45, 7) is 2.92. The van der Waals surface area contributed by atoms with Crippen LogP contribution in [0.15, 0.2) is 11.2 Å². The summed E-state index contributed by atoms with van der Waals surface area (Å²) < 4.78 is 1.54. The van der Waals surface area contributed by atoms with Crippen LogP contribution in [0.2, 0.25) is 0 Å². The van der Waals surface area contributed by atoms with Crippen molar-refractivity contribution in [1.29, 1.82) is 0 Å². The average Bonchev–Trinajstić information content (AvgIpc) is 3.09. The average molecular weight is 337 g/mol. The first-order valence-corrected chi connectivity index (χ1v) is 8.60. The minimum atomic E-state index is 0.0711. The number of amides is 1. The van der Waals surface area contributed by atoms with Crippen molar-refractivity contribution in [2.45, 2.75) is 25.0 Å². The highest BCUT2D eigenvalue weighted by Crippen LogP contribution is 2.29. The minimum Gasteiger partial charge on any atom is -0.338 e. The van der Waals surface area contributed by atoms with Gasteiger partial charge in [0.05, 0.1) is 10.6 Å². The van der Waals surface area contributed by atoms with E-state index in [0.29, 0.717) is 17.5 Å². The van der Waals surface area contributed by atoms with Crippen molar-refractivity contribution in [3.63, 3.8) is 0 Å². The predicted octanol–water partition coefficient (Wildman–Crippen LogP) is 1.15. The molecule has 22 heavy (non-hydrogen) atoms. The number of hydrogen-bond acceptors (Lipinski definition) is 7. The van der Waals surface area contributed by atoms with Crippen molar-refractivity contribution in [3.05, 3.63) is 21.4 Å². The summed E-state index contributed by atoms with van der Waals surface area (Å²) in [5, 5.41) is 11.8. The van der Waals surface area contributed by atoms with Crippen molar-refractivity contribution in [1.82, 2.24) is 25.1 Å². The van der Waals surface area contributed by atoms with Crippen LogP contribution < -0.4 is 0 Å². The Morgan fingerprint density at radius 3 is 2.95 bits per heavy atom. The van der Waals surface area contributed by atoms with Crippen molar-refractivity contribution in [2.24, 2.45) is 7.05 Å². The van der Waals surface area contributed by atoms with Gasteiger partial charge in [-0.1, -0.05) is 11.8 Å². The van der Waals surface area contributed by atoms with Gasteiger partial charge in [0.25, 0.3) is 0 Å². The molecule has 2 aromatic rings. The first-order chi connectivity index (χ1) is 10.5. The molecule has 1 amide bonds. The van der Waals surface area contributed by atoms with Crippen molar-refractivity contribution < 1.29 is 9.59 Å². The number of carbonyl (C=O) groups excluding carboxylic acids is 2. The number of thioether (sulfide) groups is 1. The molecular formula is C13H15N5O2S2. The third kappa shape index (κ3) is 3.05. The van der Waals surface area contributed by atoms with E-state index in [1.165, 1.54) is 28.0 Å². The van der Waals surface area contributed by atoms with Crippen LogP contribution in [-0.4, -0.2) is 49.1 Å². The molecule has 0 saturated carbocycles. The number of hydrogen-bond donors (Lipinski definition) is 0. The smallest absolute Gasteiger partial charge is 0.219 e. The fourth-order valence-corrected chi connectivity index (χ4v) is 4.21. The van der Waals surface area contributed by atoms with E-state index in [0.717, 1.165) is 23.4 Å². The molecule has 7 nitrogen and oxygen atoms in total. The van der Waals surface area contributed by atoms with Gasteiger partial charge in [0.15, 0.2) is 5.78 Å². The summed E-state index contributed by atoms with van der Waals surface area (Å²) in [4.78, 5) is 27.5. The quantitative estimate of drug-likeness (QED) is 0.615. The molecule has 0 radical (unpaired) electrons. The summed E-state index contributed by atoms with van der Waals surface area (Å²) in [7, 11) is 1.74. The van der Waals surface area contributed by atoms with Gasteiger partial charge in [-0.05, 0) is 28.5 Å². The number of nitrogens with zero attached hydrogens (tertiary/aromatic N) is 5. The molecule has 1 aliphatic heterocycles. The molecule has 0 N–H and O–H groups in total. The first-order valence-electron chi connectivity index (χ1n) is 6.80. The van der Waals surface area contributed by atoms with Crippen molar-refractivity contribution >= 4 is 34.8 Å². The number of aryl methyl sites for hydroxylation is 1.